The molecule has 1 aromatic rings. The maximum absolute atomic E-state index is 13.3. The number of ether oxygens (including phenoxy) is 2. The molecule has 2 rings (SSSR count). The van der Waals surface area contributed by atoms with E-state index in [-0.39, 0.29) is 0 Å². The SMILES string of the molecule is CCc1cccc2c1O[C@@](C)(F)O2. The number of aryl methyl sites for hydroxylation is 1. The van der Waals surface area contributed by atoms with Crippen LogP contribution in [0.4, 0.5) is 4.39 Å². The standard InChI is InChI=1S/C10H11FO2/c1-3-7-5-4-6-8-9(7)13-10(2,11)12-8/h4-6H,3H2,1-2H3/t10-/m0/s1. The first-order chi connectivity index (χ1) is 6.12. The predicted molar refractivity (Wildman–Crippen MR) is 46.6 cm³/mol. The van der Waals surface area contributed by atoms with Gasteiger partial charge >= 0.3 is 6.04 Å². The first-order valence-electron chi connectivity index (χ1n) is 4.31. The van der Waals surface area contributed by atoms with E-state index in [4.69, 9.17) is 9.47 Å². The third-order valence-corrected chi connectivity index (χ3v) is 2.02. The van der Waals surface area contributed by atoms with Crippen molar-refractivity contribution in [2.24, 2.45) is 0 Å². The minimum absolute atomic E-state index is 0.490. The molecule has 1 aliphatic rings. The topological polar surface area (TPSA) is 18.5 Å². The number of alkyl halides is 1. The molecule has 0 saturated heterocycles. The fourth-order valence-corrected chi connectivity index (χ4v) is 1.44. The minimum atomic E-state index is -2.01. The molecule has 0 amide bonds. The van der Waals surface area contributed by atoms with Crippen LogP contribution in [0.5, 0.6) is 11.5 Å². The van der Waals surface area contributed by atoms with E-state index in [1.807, 2.05) is 19.1 Å². The molecule has 0 bridgehead atoms. The molecule has 0 radical (unpaired) electrons. The summed E-state index contributed by atoms with van der Waals surface area (Å²) in [6.45, 7) is 3.25. The maximum Gasteiger partial charge on any atom is 0.404 e. The lowest BCUT2D eigenvalue weighted by atomic mass is 10.1. The highest BCUT2D eigenvalue weighted by Crippen LogP contribution is 2.42. The summed E-state index contributed by atoms with van der Waals surface area (Å²) < 4.78 is 23.3. The van der Waals surface area contributed by atoms with Gasteiger partial charge in [-0.05, 0) is 18.1 Å². The van der Waals surface area contributed by atoms with Crippen LogP contribution in [-0.2, 0) is 6.42 Å². The molecular formula is C10H11FO2. The van der Waals surface area contributed by atoms with Crippen molar-refractivity contribution in [3.8, 4) is 11.5 Å². The Bertz CT molecular complexity index is 334. The van der Waals surface area contributed by atoms with Crippen LogP contribution in [0.1, 0.15) is 19.4 Å². The van der Waals surface area contributed by atoms with Crippen LogP contribution in [0.25, 0.3) is 0 Å². The first-order valence-corrected chi connectivity index (χ1v) is 4.31. The summed E-state index contributed by atoms with van der Waals surface area (Å²) >= 11 is 0. The molecule has 0 N–H and O–H groups in total. The van der Waals surface area contributed by atoms with Crippen molar-refractivity contribution in [1.82, 2.24) is 0 Å². The number of benzene rings is 1. The second kappa shape index (κ2) is 2.62. The summed E-state index contributed by atoms with van der Waals surface area (Å²) in [7, 11) is 0. The van der Waals surface area contributed by atoms with E-state index < -0.39 is 6.04 Å². The van der Waals surface area contributed by atoms with Crippen molar-refractivity contribution in [3.63, 3.8) is 0 Å². The summed E-state index contributed by atoms with van der Waals surface area (Å²) in [5, 5.41) is 0. The number of halogens is 1. The molecule has 2 nitrogen and oxygen atoms in total. The first kappa shape index (κ1) is 8.35. The monoisotopic (exact) mass is 182 g/mol. The Balaban J connectivity index is 2.45. The molecule has 0 unspecified atom stereocenters. The predicted octanol–water partition coefficient (Wildman–Crippen LogP) is 2.66. The van der Waals surface area contributed by atoms with E-state index in [2.05, 4.69) is 0 Å². The number of hydrogen-bond acceptors (Lipinski definition) is 2. The molecule has 1 atom stereocenters. The van der Waals surface area contributed by atoms with Crippen LogP contribution >= 0.6 is 0 Å². The van der Waals surface area contributed by atoms with Gasteiger partial charge in [0.15, 0.2) is 11.5 Å². The average Bonchev–Trinajstić information content (AvgIpc) is 2.37. The molecule has 0 aromatic heterocycles. The van der Waals surface area contributed by atoms with Crippen LogP contribution in [0.3, 0.4) is 0 Å². The van der Waals surface area contributed by atoms with Gasteiger partial charge in [0, 0.05) is 6.92 Å². The zero-order valence-electron chi connectivity index (χ0n) is 7.63. The highest BCUT2D eigenvalue weighted by atomic mass is 19.2. The van der Waals surface area contributed by atoms with Crippen molar-refractivity contribution < 1.29 is 13.9 Å². The summed E-state index contributed by atoms with van der Waals surface area (Å²) in [6, 6.07) is 3.44. The molecule has 70 valence electrons. The van der Waals surface area contributed by atoms with Gasteiger partial charge in [-0.15, -0.1) is 0 Å². The van der Waals surface area contributed by atoms with Gasteiger partial charge in [-0.2, -0.15) is 4.39 Å². The lowest BCUT2D eigenvalue weighted by Crippen LogP contribution is -2.28. The highest BCUT2D eigenvalue weighted by Gasteiger charge is 2.37. The van der Waals surface area contributed by atoms with Gasteiger partial charge in [-0.1, -0.05) is 19.1 Å². The fraction of sp³-hybridized carbons (Fsp3) is 0.400. The van der Waals surface area contributed by atoms with E-state index >= 15 is 0 Å². The summed E-state index contributed by atoms with van der Waals surface area (Å²) in [5.41, 5.74) is 0.971. The number of hydrogen-bond donors (Lipinski definition) is 0. The van der Waals surface area contributed by atoms with Gasteiger partial charge < -0.3 is 9.47 Å². The number of para-hydroxylation sites is 1. The van der Waals surface area contributed by atoms with E-state index in [0.717, 1.165) is 12.0 Å². The average molecular weight is 182 g/mol. The van der Waals surface area contributed by atoms with Crippen molar-refractivity contribution in [1.29, 1.82) is 0 Å². The summed E-state index contributed by atoms with van der Waals surface area (Å²) in [6.07, 6.45) is 0.808. The van der Waals surface area contributed by atoms with Crippen molar-refractivity contribution >= 4 is 0 Å². The molecular weight excluding hydrogens is 171 g/mol. The van der Waals surface area contributed by atoms with Crippen LogP contribution in [-0.4, -0.2) is 6.04 Å². The normalized spacial score (nSPS) is 24.8. The van der Waals surface area contributed by atoms with Gasteiger partial charge in [0.05, 0.1) is 0 Å². The second-order valence-electron chi connectivity index (χ2n) is 3.14. The molecule has 0 spiro atoms. The van der Waals surface area contributed by atoms with Crippen LogP contribution in [0.2, 0.25) is 0 Å². The van der Waals surface area contributed by atoms with Gasteiger partial charge in [0.1, 0.15) is 0 Å². The van der Waals surface area contributed by atoms with E-state index in [1.54, 1.807) is 6.07 Å². The molecule has 13 heavy (non-hydrogen) atoms. The largest absolute Gasteiger partial charge is 0.423 e. The van der Waals surface area contributed by atoms with E-state index in [1.165, 1.54) is 6.92 Å². The Hall–Kier alpha value is -1.25. The summed E-state index contributed by atoms with van der Waals surface area (Å²) in [4.78, 5) is 0. The highest BCUT2D eigenvalue weighted by molar-refractivity contribution is 5.48. The van der Waals surface area contributed by atoms with Crippen LogP contribution in [0, 0.1) is 0 Å². The maximum atomic E-state index is 13.3. The zero-order valence-corrected chi connectivity index (χ0v) is 7.63. The Morgan fingerprint density at radius 3 is 2.85 bits per heavy atom. The molecule has 1 aliphatic heterocycles. The Morgan fingerprint density at radius 1 is 1.38 bits per heavy atom. The molecule has 0 fully saturated rings. The third kappa shape index (κ3) is 1.34. The second-order valence-corrected chi connectivity index (χ2v) is 3.14. The zero-order chi connectivity index (χ0) is 9.47. The van der Waals surface area contributed by atoms with Gasteiger partial charge in [0.25, 0.3) is 0 Å². The number of rotatable bonds is 1. The smallest absolute Gasteiger partial charge is 0.404 e. The van der Waals surface area contributed by atoms with Gasteiger partial charge in [-0.25, -0.2) is 0 Å². The fourth-order valence-electron chi connectivity index (χ4n) is 1.44. The number of fused-ring (bicyclic) bond motifs is 1. The summed E-state index contributed by atoms with van der Waals surface area (Å²) in [5.74, 6) is 1.03. The molecule has 1 aromatic carbocycles. The third-order valence-electron chi connectivity index (χ3n) is 2.02. The Morgan fingerprint density at radius 2 is 2.15 bits per heavy atom. The van der Waals surface area contributed by atoms with Crippen LogP contribution in [0.15, 0.2) is 18.2 Å². The Labute approximate surface area is 76.3 Å². The quantitative estimate of drug-likeness (QED) is 0.664. The van der Waals surface area contributed by atoms with Crippen LogP contribution < -0.4 is 9.47 Å². The van der Waals surface area contributed by atoms with Crippen molar-refractivity contribution in [2.45, 2.75) is 26.3 Å². The van der Waals surface area contributed by atoms with Gasteiger partial charge in [-0.3, -0.25) is 0 Å². The lowest BCUT2D eigenvalue weighted by Gasteiger charge is -2.11. The van der Waals surface area contributed by atoms with E-state index in [0.29, 0.717) is 11.5 Å². The minimum Gasteiger partial charge on any atom is -0.423 e. The Kier molecular flexibility index (Phi) is 1.68. The molecule has 1 heterocycles. The lowest BCUT2D eigenvalue weighted by molar-refractivity contribution is -0.173. The molecule has 0 aliphatic carbocycles. The van der Waals surface area contributed by atoms with Crippen molar-refractivity contribution in [2.75, 3.05) is 0 Å². The van der Waals surface area contributed by atoms with Gasteiger partial charge in [0.2, 0.25) is 0 Å². The molecule has 3 heteroatoms. The van der Waals surface area contributed by atoms with Crippen molar-refractivity contribution in [3.05, 3.63) is 23.8 Å². The van der Waals surface area contributed by atoms with E-state index in [9.17, 15) is 4.39 Å². The molecule has 0 saturated carbocycles.